The van der Waals surface area contributed by atoms with E-state index in [1.807, 2.05) is 30.3 Å². The van der Waals surface area contributed by atoms with E-state index < -0.39 is 0 Å². The third-order valence-electron chi connectivity index (χ3n) is 4.24. The highest BCUT2D eigenvalue weighted by atomic mass is 32.1. The lowest BCUT2D eigenvalue weighted by molar-refractivity contribution is 0.240. The number of aromatic nitrogens is 2. The Labute approximate surface area is 155 Å². The molecule has 26 heavy (non-hydrogen) atoms. The fraction of sp³-hybridized carbons (Fsp3) is 0.211. The summed E-state index contributed by atoms with van der Waals surface area (Å²) < 4.78 is 0. The largest absolute Gasteiger partial charge is 0.334 e. The summed E-state index contributed by atoms with van der Waals surface area (Å²) in [4.78, 5) is 12.0. The van der Waals surface area contributed by atoms with Gasteiger partial charge in [-0.15, -0.1) is 10.2 Å². The molecular formula is C19H19N5OS. The molecule has 1 aliphatic heterocycles. The Morgan fingerprint density at radius 1 is 1.00 bits per heavy atom. The first-order valence-electron chi connectivity index (χ1n) is 8.49. The lowest BCUT2D eigenvalue weighted by atomic mass is 10.1. The highest BCUT2D eigenvalue weighted by Gasteiger charge is 2.11. The summed E-state index contributed by atoms with van der Waals surface area (Å²) in [5.41, 5.74) is 4.78. The number of hydrogen-bond acceptors (Lipinski definition) is 5. The molecule has 2 aromatic carbocycles. The zero-order chi connectivity index (χ0) is 17.8. The van der Waals surface area contributed by atoms with Gasteiger partial charge in [-0.05, 0) is 16.7 Å². The first kappa shape index (κ1) is 16.7. The lowest BCUT2D eigenvalue weighted by Gasteiger charge is -2.07. The number of hydrogen-bond donors (Lipinski definition) is 3. The van der Waals surface area contributed by atoms with Crippen molar-refractivity contribution in [1.82, 2.24) is 26.1 Å². The molecule has 0 radical (unpaired) electrons. The molecule has 2 amide bonds. The van der Waals surface area contributed by atoms with E-state index in [9.17, 15) is 4.79 Å². The SMILES string of the molecule is O=C(NCc1ccc2c(c1)CNC2)NCc1nnc(-c2ccccc2)s1. The molecule has 0 saturated heterocycles. The maximum absolute atomic E-state index is 12.0. The summed E-state index contributed by atoms with van der Waals surface area (Å²) in [6.07, 6.45) is 0. The van der Waals surface area contributed by atoms with Crippen LogP contribution in [-0.4, -0.2) is 16.2 Å². The van der Waals surface area contributed by atoms with E-state index in [2.05, 4.69) is 44.3 Å². The minimum atomic E-state index is -0.208. The van der Waals surface area contributed by atoms with Crippen LogP contribution in [0.1, 0.15) is 21.7 Å². The van der Waals surface area contributed by atoms with Crippen LogP contribution in [0.15, 0.2) is 48.5 Å². The number of carbonyl (C=O) groups is 1. The molecule has 6 nitrogen and oxygen atoms in total. The molecule has 0 saturated carbocycles. The van der Waals surface area contributed by atoms with Gasteiger partial charge in [0.05, 0.1) is 6.54 Å². The van der Waals surface area contributed by atoms with Crippen LogP contribution in [0.4, 0.5) is 4.79 Å². The van der Waals surface area contributed by atoms with Gasteiger partial charge in [-0.25, -0.2) is 4.79 Å². The van der Waals surface area contributed by atoms with E-state index in [4.69, 9.17) is 0 Å². The second-order valence-corrected chi connectivity index (χ2v) is 7.17. The maximum Gasteiger partial charge on any atom is 0.315 e. The first-order valence-corrected chi connectivity index (χ1v) is 9.30. The Morgan fingerprint density at radius 3 is 2.69 bits per heavy atom. The summed E-state index contributed by atoms with van der Waals surface area (Å²) in [6.45, 7) is 2.70. The van der Waals surface area contributed by atoms with Crippen molar-refractivity contribution in [2.45, 2.75) is 26.2 Å². The second-order valence-electron chi connectivity index (χ2n) is 6.11. The van der Waals surface area contributed by atoms with Gasteiger partial charge in [0.1, 0.15) is 10.0 Å². The molecule has 1 aromatic heterocycles. The minimum Gasteiger partial charge on any atom is -0.334 e. The van der Waals surface area contributed by atoms with Crippen LogP contribution in [0, 0.1) is 0 Å². The van der Waals surface area contributed by atoms with Crippen molar-refractivity contribution in [3.05, 3.63) is 70.2 Å². The number of nitrogens with one attached hydrogen (secondary N) is 3. The van der Waals surface area contributed by atoms with Gasteiger partial charge < -0.3 is 16.0 Å². The average Bonchev–Trinajstić information content (AvgIpc) is 3.34. The Kier molecular flexibility index (Phi) is 4.90. The molecule has 0 aliphatic carbocycles. The predicted molar refractivity (Wildman–Crippen MR) is 101 cm³/mol. The van der Waals surface area contributed by atoms with Gasteiger partial charge in [0, 0.05) is 25.2 Å². The van der Waals surface area contributed by atoms with Crippen molar-refractivity contribution in [2.75, 3.05) is 0 Å². The quantitative estimate of drug-likeness (QED) is 0.650. The molecule has 0 bridgehead atoms. The number of benzene rings is 2. The van der Waals surface area contributed by atoms with Crippen LogP contribution in [0.25, 0.3) is 10.6 Å². The van der Waals surface area contributed by atoms with Crippen LogP contribution >= 0.6 is 11.3 Å². The summed E-state index contributed by atoms with van der Waals surface area (Å²) in [6, 6.07) is 16.0. The van der Waals surface area contributed by atoms with Gasteiger partial charge in [-0.3, -0.25) is 0 Å². The van der Waals surface area contributed by atoms with Crippen molar-refractivity contribution < 1.29 is 4.79 Å². The Morgan fingerprint density at radius 2 is 1.81 bits per heavy atom. The van der Waals surface area contributed by atoms with Crippen LogP contribution < -0.4 is 16.0 Å². The number of amides is 2. The molecule has 4 rings (SSSR count). The molecule has 3 aromatic rings. The third-order valence-corrected chi connectivity index (χ3v) is 5.21. The van der Waals surface area contributed by atoms with Gasteiger partial charge in [0.2, 0.25) is 0 Å². The summed E-state index contributed by atoms with van der Waals surface area (Å²) in [5, 5.41) is 19.0. The van der Waals surface area contributed by atoms with Gasteiger partial charge in [-0.1, -0.05) is 59.9 Å². The van der Waals surface area contributed by atoms with E-state index in [1.54, 1.807) is 0 Å². The highest BCUT2D eigenvalue weighted by molar-refractivity contribution is 7.14. The third kappa shape index (κ3) is 3.89. The Bertz CT molecular complexity index is 909. The van der Waals surface area contributed by atoms with Crippen LogP contribution in [-0.2, 0) is 26.2 Å². The molecule has 1 aliphatic rings. The summed E-state index contributed by atoms with van der Waals surface area (Å²) in [7, 11) is 0. The van der Waals surface area contributed by atoms with Gasteiger partial charge in [-0.2, -0.15) is 0 Å². The van der Waals surface area contributed by atoms with Crippen molar-refractivity contribution in [1.29, 1.82) is 0 Å². The number of carbonyl (C=O) groups excluding carboxylic acids is 1. The molecule has 132 valence electrons. The number of fused-ring (bicyclic) bond motifs is 1. The fourth-order valence-electron chi connectivity index (χ4n) is 2.88. The van der Waals surface area contributed by atoms with Crippen molar-refractivity contribution in [3.63, 3.8) is 0 Å². The normalized spacial score (nSPS) is 12.6. The van der Waals surface area contributed by atoms with Crippen LogP contribution in [0.5, 0.6) is 0 Å². The lowest BCUT2D eigenvalue weighted by Crippen LogP contribution is -2.34. The highest BCUT2D eigenvalue weighted by Crippen LogP contribution is 2.22. The molecule has 3 N–H and O–H groups in total. The number of rotatable bonds is 5. The first-order chi connectivity index (χ1) is 12.8. The summed E-state index contributed by atoms with van der Waals surface area (Å²) >= 11 is 1.48. The van der Waals surface area contributed by atoms with Crippen LogP contribution in [0.3, 0.4) is 0 Å². The topological polar surface area (TPSA) is 78.9 Å². The van der Waals surface area contributed by atoms with Crippen molar-refractivity contribution in [2.24, 2.45) is 0 Å². The van der Waals surface area contributed by atoms with E-state index in [-0.39, 0.29) is 6.03 Å². The van der Waals surface area contributed by atoms with Gasteiger partial charge >= 0.3 is 6.03 Å². The van der Waals surface area contributed by atoms with Crippen molar-refractivity contribution in [3.8, 4) is 10.6 Å². The van der Waals surface area contributed by atoms with E-state index in [0.29, 0.717) is 13.1 Å². The van der Waals surface area contributed by atoms with Gasteiger partial charge in [0.15, 0.2) is 0 Å². The second kappa shape index (κ2) is 7.63. The zero-order valence-corrected chi connectivity index (χ0v) is 15.0. The average molecular weight is 365 g/mol. The summed E-state index contributed by atoms with van der Waals surface area (Å²) in [5.74, 6) is 0. The number of nitrogens with zero attached hydrogens (tertiary/aromatic N) is 2. The van der Waals surface area contributed by atoms with E-state index >= 15 is 0 Å². The molecule has 0 spiro atoms. The molecule has 2 heterocycles. The zero-order valence-electron chi connectivity index (χ0n) is 14.2. The molecular weight excluding hydrogens is 346 g/mol. The predicted octanol–water partition coefficient (Wildman–Crippen LogP) is 2.81. The van der Waals surface area contributed by atoms with Gasteiger partial charge in [0.25, 0.3) is 0 Å². The fourth-order valence-corrected chi connectivity index (χ4v) is 3.67. The van der Waals surface area contributed by atoms with E-state index in [1.165, 1.54) is 22.5 Å². The molecule has 0 fully saturated rings. The maximum atomic E-state index is 12.0. The molecule has 0 atom stereocenters. The van der Waals surface area contributed by atoms with Crippen LogP contribution in [0.2, 0.25) is 0 Å². The Balaban J connectivity index is 1.27. The van der Waals surface area contributed by atoms with Crippen molar-refractivity contribution >= 4 is 17.4 Å². The minimum absolute atomic E-state index is 0.208. The molecule has 0 unspecified atom stereocenters. The van der Waals surface area contributed by atoms with E-state index in [0.717, 1.165) is 34.2 Å². The Hall–Kier alpha value is -2.77. The monoisotopic (exact) mass is 365 g/mol. The smallest absolute Gasteiger partial charge is 0.315 e. The molecule has 7 heteroatoms. The number of urea groups is 1. The standard InChI is InChI=1S/C19H19N5OS/c25-19(21-9-13-6-7-15-10-20-11-16(15)8-13)22-12-17-23-24-18(26-17)14-4-2-1-3-5-14/h1-8,20H,9-12H2,(H2,21,22,25).